The van der Waals surface area contributed by atoms with Gasteiger partial charge in [0.2, 0.25) is 0 Å². The summed E-state index contributed by atoms with van der Waals surface area (Å²) in [5, 5.41) is 0. The van der Waals surface area contributed by atoms with Gasteiger partial charge in [-0.05, 0) is 193 Å². The van der Waals surface area contributed by atoms with Crippen LogP contribution in [-0.2, 0) is 0 Å². The summed E-state index contributed by atoms with van der Waals surface area (Å²) in [7, 11) is 3.45. The lowest BCUT2D eigenvalue weighted by molar-refractivity contribution is 0.415. The molecule has 0 radical (unpaired) electrons. The van der Waals surface area contributed by atoms with Gasteiger partial charge in [-0.15, -0.1) is 0 Å². The third-order valence-corrected chi connectivity index (χ3v) is 17.0. The van der Waals surface area contributed by atoms with Gasteiger partial charge in [-0.3, -0.25) is 0 Å². The normalized spacial score (nSPS) is 11.1. The molecule has 14 rings (SSSR count). The van der Waals surface area contributed by atoms with E-state index in [-0.39, 0.29) is 0 Å². The fourth-order valence-electron chi connectivity index (χ4n) is 12.8. The number of rotatable bonds is 15. The van der Waals surface area contributed by atoms with Crippen LogP contribution in [0.15, 0.2) is 340 Å². The van der Waals surface area contributed by atoms with E-state index in [0.717, 1.165) is 145 Å². The molecule has 2 nitrogen and oxygen atoms in total. The summed E-state index contributed by atoms with van der Waals surface area (Å²) >= 11 is 0. The van der Waals surface area contributed by atoms with E-state index in [0.29, 0.717) is 0 Å². The molecular formula is C86H62O2. The number of methoxy groups -OCH3 is 2. The van der Waals surface area contributed by atoms with Crippen LogP contribution >= 0.6 is 0 Å². The Kier molecular flexibility index (Phi) is 15.3. The molecule has 0 fully saturated rings. The molecule has 0 amide bonds. The Morgan fingerprint density at radius 2 is 0.375 bits per heavy atom. The van der Waals surface area contributed by atoms with Crippen molar-refractivity contribution < 1.29 is 9.47 Å². The minimum atomic E-state index is 0.808. The molecule has 0 aromatic heterocycles. The van der Waals surface area contributed by atoms with Gasteiger partial charge in [0.1, 0.15) is 11.5 Å². The van der Waals surface area contributed by atoms with Crippen molar-refractivity contribution in [1.82, 2.24) is 0 Å². The first-order valence-electron chi connectivity index (χ1n) is 30.0. The van der Waals surface area contributed by atoms with Gasteiger partial charge < -0.3 is 9.47 Å². The van der Waals surface area contributed by atoms with Crippen LogP contribution < -0.4 is 9.47 Å². The first-order chi connectivity index (χ1) is 43.6. The molecule has 0 bridgehead atoms. The van der Waals surface area contributed by atoms with Crippen molar-refractivity contribution in [1.29, 1.82) is 0 Å². The lowest BCUT2D eigenvalue weighted by Gasteiger charge is -2.27. The van der Waals surface area contributed by atoms with Gasteiger partial charge in [0.25, 0.3) is 0 Å². The largest absolute Gasteiger partial charge is 0.497 e. The van der Waals surface area contributed by atoms with Gasteiger partial charge in [-0.25, -0.2) is 0 Å². The maximum Gasteiger partial charge on any atom is 0.118 e. The third-order valence-electron chi connectivity index (χ3n) is 17.0. The predicted molar refractivity (Wildman–Crippen MR) is 370 cm³/mol. The molecule has 88 heavy (non-hydrogen) atoms. The highest BCUT2D eigenvalue weighted by Crippen LogP contribution is 2.56. The third kappa shape index (κ3) is 10.7. The summed E-state index contributed by atoms with van der Waals surface area (Å²) in [6.45, 7) is 0. The second-order valence-electron chi connectivity index (χ2n) is 22.1. The Balaban J connectivity index is 1.18. The highest BCUT2D eigenvalue weighted by molar-refractivity contribution is 6.13. The maximum absolute atomic E-state index is 5.75. The summed E-state index contributed by atoms with van der Waals surface area (Å²) in [6, 6.07) is 124. The number of ether oxygens (including phenoxy) is 2. The molecule has 0 atom stereocenters. The molecule has 0 spiro atoms. The smallest absolute Gasteiger partial charge is 0.118 e. The molecule has 2 heteroatoms. The Labute approximate surface area is 516 Å². The van der Waals surface area contributed by atoms with Gasteiger partial charge in [-0.1, -0.05) is 291 Å². The SMILES string of the molecule is COc1ccc(-c2ccc(-c3ccc(-c4ccc(OC)cc4)cc3-c3cc(-c4ccccc4)c(-c4ccccc4)c(-c4ccccc4)c3-c3ccccc3)c(-c3cc(-c4ccccc4)c(-c4ccccc4)c(-c4ccccc4)c3-c3ccccc3)c2)cc1. The summed E-state index contributed by atoms with van der Waals surface area (Å²) < 4.78 is 11.5. The molecule has 0 saturated carbocycles. The van der Waals surface area contributed by atoms with Crippen molar-refractivity contribution in [3.8, 4) is 156 Å². The van der Waals surface area contributed by atoms with Crippen LogP contribution in [0.1, 0.15) is 0 Å². The second-order valence-corrected chi connectivity index (χ2v) is 22.1. The Bertz CT molecular complexity index is 4400. The average Bonchev–Trinajstić information content (AvgIpc) is 0.801. The molecule has 418 valence electrons. The zero-order valence-electron chi connectivity index (χ0n) is 49.1. The van der Waals surface area contributed by atoms with Crippen molar-refractivity contribution in [2.75, 3.05) is 14.2 Å². The summed E-state index contributed by atoms with van der Waals surface area (Å²) in [5.41, 5.74) is 29.2. The standard InChI is InChI=1S/C86H62O2/c1-87-71-49-43-59(44-50-71)69-47-53-73(77(55-69)79-57-75(61-27-11-3-12-28-61)81(63-31-15-5-16-32-63)85(67-39-23-9-24-40-67)83(79)65-35-19-7-20-36-65)74-54-48-70(60-45-51-72(88-2)52-46-60)56-78(74)80-58-76(62-29-13-4-14-30-62)82(64-33-17-6-18-34-64)86(68-41-25-10-26-42-68)84(80)66-37-21-8-22-38-66/h3-58H,1-2H3. The summed E-state index contributed by atoms with van der Waals surface area (Å²) in [5.74, 6) is 1.62. The van der Waals surface area contributed by atoms with Gasteiger partial charge in [0.05, 0.1) is 14.2 Å². The van der Waals surface area contributed by atoms with E-state index in [1.54, 1.807) is 14.2 Å². The topological polar surface area (TPSA) is 18.5 Å². The molecule has 14 aromatic rings. The van der Waals surface area contributed by atoms with Crippen LogP contribution in [0.2, 0.25) is 0 Å². The molecule has 0 aliphatic rings. The molecule has 0 N–H and O–H groups in total. The lowest BCUT2D eigenvalue weighted by Crippen LogP contribution is -2.01. The number of hydrogen-bond donors (Lipinski definition) is 0. The van der Waals surface area contributed by atoms with Crippen molar-refractivity contribution in [3.05, 3.63) is 340 Å². The minimum Gasteiger partial charge on any atom is -0.497 e. The Morgan fingerprint density at radius 1 is 0.148 bits per heavy atom. The van der Waals surface area contributed by atoms with Crippen LogP contribution in [0, 0.1) is 0 Å². The Hall–Kier alpha value is -11.3. The van der Waals surface area contributed by atoms with Crippen LogP contribution in [0.4, 0.5) is 0 Å². The predicted octanol–water partition coefficient (Wildman–Crippen LogP) is 23.4. The quantitative estimate of drug-likeness (QED) is 0.102. The molecule has 0 aliphatic carbocycles. The van der Waals surface area contributed by atoms with E-state index in [1.165, 1.54) is 11.1 Å². The van der Waals surface area contributed by atoms with Gasteiger partial charge in [0, 0.05) is 0 Å². The molecule has 0 saturated heterocycles. The molecule has 0 aliphatic heterocycles. The van der Waals surface area contributed by atoms with E-state index >= 15 is 0 Å². The fraction of sp³-hybridized carbons (Fsp3) is 0.0233. The van der Waals surface area contributed by atoms with Gasteiger partial charge >= 0.3 is 0 Å². The zero-order chi connectivity index (χ0) is 59.2. The monoisotopic (exact) mass is 1130 g/mol. The Morgan fingerprint density at radius 3 is 0.636 bits per heavy atom. The molecular weight excluding hydrogens is 1060 g/mol. The van der Waals surface area contributed by atoms with E-state index in [9.17, 15) is 0 Å². The minimum absolute atomic E-state index is 0.808. The van der Waals surface area contributed by atoms with Gasteiger partial charge in [-0.2, -0.15) is 0 Å². The number of benzene rings is 14. The zero-order valence-corrected chi connectivity index (χ0v) is 49.1. The summed E-state index contributed by atoms with van der Waals surface area (Å²) in [4.78, 5) is 0. The summed E-state index contributed by atoms with van der Waals surface area (Å²) in [6.07, 6.45) is 0. The maximum atomic E-state index is 5.75. The first-order valence-corrected chi connectivity index (χ1v) is 30.0. The highest BCUT2D eigenvalue weighted by Gasteiger charge is 2.29. The molecule has 0 unspecified atom stereocenters. The van der Waals surface area contributed by atoms with Crippen molar-refractivity contribution in [2.24, 2.45) is 0 Å². The molecule has 0 heterocycles. The van der Waals surface area contributed by atoms with Crippen LogP contribution in [0.25, 0.3) is 145 Å². The van der Waals surface area contributed by atoms with E-state index in [1.807, 2.05) is 0 Å². The fourth-order valence-corrected chi connectivity index (χ4v) is 12.8. The number of hydrogen-bond acceptors (Lipinski definition) is 2. The lowest BCUT2D eigenvalue weighted by atomic mass is 9.75. The van der Waals surface area contributed by atoms with Crippen molar-refractivity contribution >= 4 is 0 Å². The molecule has 14 aromatic carbocycles. The highest BCUT2D eigenvalue weighted by atomic mass is 16.5. The first kappa shape index (κ1) is 54.6. The van der Waals surface area contributed by atoms with E-state index in [2.05, 4.69) is 340 Å². The van der Waals surface area contributed by atoms with Crippen LogP contribution in [0.5, 0.6) is 11.5 Å². The van der Waals surface area contributed by atoms with Crippen molar-refractivity contribution in [3.63, 3.8) is 0 Å². The van der Waals surface area contributed by atoms with Crippen LogP contribution in [-0.4, -0.2) is 14.2 Å². The second kappa shape index (κ2) is 24.7. The van der Waals surface area contributed by atoms with Crippen molar-refractivity contribution in [2.45, 2.75) is 0 Å². The average molecular weight is 1130 g/mol. The van der Waals surface area contributed by atoms with Crippen LogP contribution in [0.3, 0.4) is 0 Å². The van der Waals surface area contributed by atoms with Gasteiger partial charge in [0.15, 0.2) is 0 Å². The van der Waals surface area contributed by atoms with E-state index < -0.39 is 0 Å². The van der Waals surface area contributed by atoms with E-state index in [4.69, 9.17) is 9.47 Å².